The molecule has 0 saturated heterocycles. The number of thiazole rings is 1. The number of furan rings is 1. The molecule has 38 heavy (non-hydrogen) atoms. The summed E-state index contributed by atoms with van der Waals surface area (Å²) in [6, 6.07) is 16.6. The van der Waals surface area contributed by atoms with E-state index in [1.807, 2.05) is 6.07 Å². The zero-order chi connectivity index (χ0) is 26.6. The van der Waals surface area contributed by atoms with Crippen LogP contribution in [0.15, 0.2) is 82.5 Å². The molecule has 0 fully saturated rings. The van der Waals surface area contributed by atoms with Gasteiger partial charge in [-0.15, -0.1) is 0 Å². The number of carbonyl (C=O) groups excluding carboxylic acids is 2. The number of Topliss-reactive ketones (excluding diaryl/α,β-unsaturated/α-hetero) is 1. The Labute approximate surface area is 219 Å². The van der Waals surface area contributed by atoms with Crippen molar-refractivity contribution >= 4 is 49.3 Å². The summed E-state index contributed by atoms with van der Waals surface area (Å²) in [5.41, 5.74) is 1.26. The SMILES string of the molecule is COc1ccc(C2C(C(=O)c3cc4ccccc4o3)=C(O)C(=O)N2c2nc3ccc(F)cc3s2)cc1OC. The number of anilines is 1. The first-order valence-electron chi connectivity index (χ1n) is 11.5. The van der Waals surface area contributed by atoms with Crippen LogP contribution in [-0.4, -0.2) is 36.0 Å². The van der Waals surface area contributed by atoms with E-state index in [0.29, 0.717) is 38.2 Å². The summed E-state index contributed by atoms with van der Waals surface area (Å²) >= 11 is 1.07. The number of rotatable bonds is 6. The number of hydrogen-bond donors (Lipinski definition) is 1. The van der Waals surface area contributed by atoms with E-state index < -0.39 is 29.3 Å². The number of carbonyl (C=O) groups is 2. The van der Waals surface area contributed by atoms with E-state index in [9.17, 15) is 19.1 Å². The van der Waals surface area contributed by atoms with Crippen LogP contribution in [-0.2, 0) is 4.79 Å². The molecule has 1 atom stereocenters. The molecule has 1 N–H and O–H groups in total. The van der Waals surface area contributed by atoms with Crippen LogP contribution < -0.4 is 14.4 Å². The molecule has 6 rings (SSSR count). The highest BCUT2D eigenvalue weighted by Crippen LogP contribution is 2.46. The number of nitrogens with zero attached hydrogens (tertiary/aromatic N) is 2. The van der Waals surface area contributed by atoms with E-state index in [4.69, 9.17) is 13.9 Å². The second-order valence-electron chi connectivity index (χ2n) is 8.54. The van der Waals surface area contributed by atoms with E-state index >= 15 is 0 Å². The molecule has 1 amide bonds. The van der Waals surface area contributed by atoms with Crippen LogP contribution in [0.3, 0.4) is 0 Å². The van der Waals surface area contributed by atoms with E-state index in [2.05, 4.69) is 4.98 Å². The van der Waals surface area contributed by atoms with Crippen molar-refractivity contribution in [1.29, 1.82) is 0 Å². The van der Waals surface area contributed by atoms with Gasteiger partial charge in [0.1, 0.15) is 11.4 Å². The van der Waals surface area contributed by atoms with E-state index in [-0.39, 0.29) is 16.5 Å². The highest BCUT2D eigenvalue weighted by Gasteiger charge is 2.47. The Hall–Kier alpha value is -4.70. The Morgan fingerprint density at radius 2 is 1.84 bits per heavy atom. The van der Waals surface area contributed by atoms with Crippen molar-refractivity contribution in [2.75, 3.05) is 19.1 Å². The normalized spacial score (nSPS) is 15.6. The number of halogens is 1. The summed E-state index contributed by atoms with van der Waals surface area (Å²) in [7, 11) is 2.96. The number of ether oxygens (including phenoxy) is 2. The Morgan fingerprint density at radius 1 is 1.05 bits per heavy atom. The average Bonchev–Trinajstić information content (AvgIpc) is 3.61. The summed E-state index contributed by atoms with van der Waals surface area (Å²) < 4.78 is 30.9. The summed E-state index contributed by atoms with van der Waals surface area (Å²) in [5, 5.41) is 12.0. The predicted octanol–water partition coefficient (Wildman–Crippen LogP) is 5.98. The first-order valence-corrected chi connectivity index (χ1v) is 12.3. The number of aliphatic hydroxyl groups is 1. The number of amides is 1. The second kappa shape index (κ2) is 9.00. The van der Waals surface area contributed by atoms with E-state index in [1.54, 1.807) is 42.5 Å². The van der Waals surface area contributed by atoms with Crippen LogP contribution in [0.2, 0.25) is 0 Å². The van der Waals surface area contributed by atoms with Crippen LogP contribution in [0.4, 0.5) is 9.52 Å². The monoisotopic (exact) mass is 530 g/mol. The maximum atomic E-state index is 13.9. The molecule has 1 aliphatic heterocycles. The van der Waals surface area contributed by atoms with Crippen molar-refractivity contribution in [3.63, 3.8) is 0 Å². The molecule has 0 radical (unpaired) electrons. The molecule has 5 aromatic rings. The maximum Gasteiger partial charge on any atom is 0.296 e. The van der Waals surface area contributed by atoms with Gasteiger partial charge in [0, 0.05) is 5.39 Å². The van der Waals surface area contributed by atoms with Gasteiger partial charge in [0.05, 0.1) is 36.1 Å². The molecule has 1 aliphatic rings. The molecule has 1 unspecified atom stereocenters. The van der Waals surface area contributed by atoms with E-state index in [0.717, 1.165) is 11.3 Å². The van der Waals surface area contributed by atoms with Gasteiger partial charge in [0.15, 0.2) is 28.1 Å². The third-order valence-electron chi connectivity index (χ3n) is 6.37. The smallest absolute Gasteiger partial charge is 0.296 e. The van der Waals surface area contributed by atoms with Gasteiger partial charge in [-0.25, -0.2) is 9.37 Å². The second-order valence-corrected chi connectivity index (χ2v) is 9.55. The first-order chi connectivity index (χ1) is 18.4. The highest BCUT2D eigenvalue weighted by molar-refractivity contribution is 7.22. The molecule has 2 aromatic heterocycles. The minimum Gasteiger partial charge on any atom is -0.503 e. The predicted molar refractivity (Wildman–Crippen MR) is 140 cm³/mol. The number of aromatic nitrogens is 1. The van der Waals surface area contributed by atoms with Gasteiger partial charge in [-0.3, -0.25) is 14.5 Å². The Morgan fingerprint density at radius 3 is 2.61 bits per heavy atom. The molecule has 10 heteroatoms. The van der Waals surface area contributed by atoms with E-state index in [1.165, 1.54) is 37.3 Å². The standard InChI is InChI=1S/C28H19FN2O6S/c1-35-19-10-7-15(12-20(19)36-2)24-23(25(32)21-11-14-5-3-4-6-18(14)37-21)26(33)27(34)31(24)28-30-17-9-8-16(29)13-22(17)38-28/h3-13,24,33H,1-2H3. The summed E-state index contributed by atoms with van der Waals surface area (Å²) in [4.78, 5) is 33.0. The number of fused-ring (bicyclic) bond motifs is 2. The fraction of sp³-hybridized carbons (Fsp3) is 0.107. The lowest BCUT2D eigenvalue weighted by atomic mass is 9.95. The summed E-state index contributed by atoms with van der Waals surface area (Å²) in [6.45, 7) is 0. The fourth-order valence-electron chi connectivity index (χ4n) is 4.59. The molecule has 0 bridgehead atoms. The van der Waals surface area contributed by atoms with Gasteiger partial charge in [-0.1, -0.05) is 35.6 Å². The minimum absolute atomic E-state index is 0.0285. The lowest BCUT2D eigenvalue weighted by Crippen LogP contribution is -2.31. The van der Waals surface area contributed by atoms with Gasteiger partial charge in [0.25, 0.3) is 5.91 Å². The van der Waals surface area contributed by atoms with Crippen LogP contribution in [0.5, 0.6) is 11.5 Å². The number of methoxy groups -OCH3 is 2. The lowest BCUT2D eigenvalue weighted by molar-refractivity contribution is -0.117. The van der Waals surface area contributed by atoms with Crippen molar-refractivity contribution in [1.82, 2.24) is 4.98 Å². The van der Waals surface area contributed by atoms with Crippen molar-refractivity contribution in [3.8, 4) is 11.5 Å². The maximum absolute atomic E-state index is 13.9. The molecule has 0 aliphatic carbocycles. The quantitative estimate of drug-likeness (QED) is 0.269. The minimum atomic E-state index is -1.08. The molecule has 3 heterocycles. The molecule has 190 valence electrons. The van der Waals surface area contributed by atoms with Crippen LogP contribution in [0, 0.1) is 5.82 Å². The molecular formula is C28H19FN2O6S. The number of ketones is 1. The van der Waals surface area contributed by atoms with Gasteiger partial charge in [-0.2, -0.15) is 0 Å². The van der Waals surface area contributed by atoms with Gasteiger partial charge < -0.3 is 19.0 Å². The van der Waals surface area contributed by atoms with Crippen molar-refractivity contribution in [3.05, 3.63) is 95.2 Å². The summed E-state index contributed by atoms with van der Waals surface area (Å²) in [5.74, 6) is -1.85. The number of hydrogen-bond acceptors (Lipinski definition) is 8. The largest absolute Gasteiger partial charge is 0.503 e. The van der Waals surface area contributed by atoms with Crippen LogP contribution >= 0.6 is 11.3 Å². The number of benzene rings is 3. The van der Waals surface area contributed by atoms with Gasteiger partial charge >= 0.3 is 0 Å². The Balaban J connectivity index is 1.53. The van der Waals surface area contributed by atoms with Crippen molar-refractivity contribution in [2.45, 2.75) is 6.04 Å². The van der Waals surface area contributed by atoms with Gasteiger partial charge in [-0.05, 0) is 48.0 Å². The average molecular weight is 531 g/mol. The van der Waals surface area contributed by atoms with Crippen LogP contribution in [0.25, 0.3) is 21.2 Å². The highest BCUT2D eigenvalue weighted by atomic mass is 32.1. The molecule has 0 saturated carbocycles. The van der Waals surface area contributed by atoms with Crippen LogP contribution in [0.1, 0.15) is 22.2 Å². The summed E-state index contributed by atoms with van der Waals surface area (Å²) in [6.07, 6.45) is 0. The number of aliphatic hydroxyl groups excluding tert-OH is 1. The van der Waals surface area contributed by atoms with Crippen molar-refractivity contribution in [2.24, 2.45) is 0 Å². The third kappa shape index (κ3) is 3.69. The first kappa shape index (κ1) is 23.7. The number of para-hydroxylation sites is 1. The Kier molecular flexibility index (Phi) is 5.61. The van der Waals surface area contributed by atoms with Gasteiger partial charge in [0.2, 0.25) is 5.78 Å². The lowest BCUT2D eigenvalue weighted by Gasteiger charge is -2.25. The topological polar surface area (TPSA) is 102 Å². The Bertz CT molecular complexity index is 1760. The zero-order valence-electron chi connectivity index (χ0n) is 20.1. The molecule has 0 spiro atoms. The zero-order valence-corrected chi connectivity index (χ0v) is 20.9. The molecule has 3 aromatic carbocycles. The molecular weight excluding hydrogens is 511 g/mol. The third-order valence-corrected chi connectivity index (χ3v) is 7.39. The fourth-order valence-corrected chi connectivity index (χ4v) is 5.61. The van der Waals surface area contributed by atoms with Crippen molar-refractivity contribution < 1.29 is 33.0 Å². The molecule has 8 nitrogen and oxygen atoms in total.